The van der Waals surface area contributed by atoms with Crippen LogP contribution >= 0.6 is 0 Å². The van der Waals surface area contributed by atoms with Crippen molar-refractivity contribution in [3.8, 4) is 0 Å². The van der Waals surface area contributed by atoms with Crippen molar-refractivity contribution in [1.29, 1.82) is 0 Å². The predicted molar refractivity (Wildman–Crippen MR) is 52.1 cm³/mol. The van der Waals surface area contributed by atoms with Gasteiger partial charge in [-0.15, -0.1) is 0 Å². The lowest BCUT2D eigenvalue weighted by atomic mass is 10.2. The monoisotopic (exact) mass is 181 g/mol. The molecule has 0 saturated carbocycles. The van der Waals surface area contributed by atoms with Gasteiger partial charge >= 0.3 is 0 Å². The van der Waals surface area contributed by atoms with Gasteiger partial charge < -0.3 is 10.2 Å². The first-order valence-corrected chi connectivity index (χ1v) is 4.28. The fraction of sp³-hybridized carbons (Fsp3) is 0.444. The number of hydrogen-bond donors (Lipinski definition) is 2. The van der Waals surface area contributed by atoms with E-state index < -0.39 is 0 Å². The molecule has 0 aliphatic rings. The maximum absolute atomic E-state index is 5.28. The Morgan fingerprint density at radius 2 is 2.31 bits per heavy atom. The minimum atomic E-state index is 0.606. The lowest BCUT2D eigenvalue weighted by Crippen LogP contribution is -2.09. The number of aryl methyl sites for hydroxylation is 1. The van der Waals surface area contributed by atoms with Crippen molar-refractivity contribution in [3.05, 3.63) is 23.4 Å². The largest absolute Gasteiger partial charge is 0.377 e. The summed E-state index contributed by atoms with van der Waals surface area (Å²) in [5, 5.41) is 0. The zero-order valence-electron chi connectivity index (χ0n) is 8.00. The highest BCUT2D eigenvalue weighted by Gasteiger charge is 1.98. The van der Waals surface area contributed by atoms with Gasteiger partial charge in [-0.3, -0.25) is 0 Å². The standard InChI is InChI=1S/C9H15N3O/c1-3-13-6-8-4-7(2)11-9(5-8)12-10/h4-5H,3,6,10H2,1-2H3,(H,11,12). The number of nitrogens with two attached hydrogens (primary N) is 1. The Balaban J connectivity index is 2.76. The Kier molecular flexibility index (Phi) is 3.67. The number of pyridine rings is 1. The first-order chi connectivity index (χ1) is 6.26. The molecule has 1 rings (SSSR count). The first kappa shape index (κ1) is 9.95. The van der Waals surface area contributed by atoms with Crippen molar-refractivity contribution in [2.45, 2.75) is 20.5 Å². The molecule has 1 aromatic rings. The van der Waals surface area contributed by atoms with E-state index in [1.54, 1.807) is 0 Å². The van der Waals surface area contributed by atoms with Crippen LogP contribution < -0.4 is 11.3 Å². The van der Waals surface area contributed by atoms with Crippen LogP contribution in [0, 0.1) is 6.92 Å². The number of nitrogens with zero attached hydrogens (tertiary/aromatic N) is 1. The summed E-state index contributed by atoms with van der Waals surface area (Å²) in [5.74, 6) is 5.94. The van der Waals surface area contributed by atoms with Gasteiger partial charge in [0.1, 0.15) is 5.82 Å². The van der Waals surface area contributed by atoms with Gasteiger partial charge in [-0.1, -0.05) is 0 Å². The molecule has 3 N–H and O–H groups in total. The van der Waals surface area contributed by atoms with E-state index in [0.29, 0.717) is 19.0 Å². The molecule has 0 atom stereocenters. The molecule has 0 aliphatic heterocycles. The molecule has 0 fully saturated rings. The molecule has 0 spiro atoms. The van der Waals surface area contributed by atoms with Gasteiger partial charge in [0, 0.05) is 12.3 Å². The van der Waals surface area contributed by atoms with Crippen LogP contribution in [0.15, 0.2) is 12.1 Å². The molecule has 0 unspecified atom stereocenters. The molecule has 0 bridgehead atoms. The molecule has 0 aliphatic carbocycles. The van der Waals surface area contributed by atoms with E-state index in [1.807, 2.05) is 26.0 Å². The molecular weight excluding hydrogens is 166 g/mol. The van der Waals surface area contributed by atoms with Crippen LogP contribution in [-0.2, 0) is 11.3 Å². The fourth-order valence-corrected chi connectivity index (χ4v) is 1.12. The molecule has 4 heteroatoms. The first-order valence-electron chi connectivity index (χ1n) is 4.28. The summed E-state index contributed by atoms with van der Waals surface area (Å²) in [6, 6.07) is 3.86. The predicted octanol–water partition coefficient (Wildman–Crippen LogP) is 1.21. The number of rotatable bonds is 4. The average molecular weight is 181 g/mol. The topological polar surface area (TPSA) is 60.2 Å². The van der Waals surface area contributed by atoms with E-state index in [2.05, 4.69) is 10.4 Å². The van der Waals surface area contributed by atoms with Crippen molar-refractivity contribution in [2.75, 3.05) is 12.0 Å². The van der Waals surface area contributed by atoms with Gasteiger partial charge in [-0.25, -0.2) is 10.8 Å². The summed E-state index contributed by atoms with van der Waals surface area (Å²) < 4.78 is 5.28. The molecule has 72 valence electrons. The fourth-order valence-electron chi connectivity index (χ4n) is 1.12. The van der Waals surface area contributed by atoms with Gasteiger partial charge in [0.05, 0.1) is 6.61 Å². The summed E-state index contributed by atoms with van der Waals surface area (Å²) in [7, 11) is 0. The van der Waals surface area contributed by atoms with Crippen LogP contribution in [0.4, 0.5) is 5.82 Å². The normalized spacial score (nSPS) is 10.1. The minimum Gasteiger partial charge on any atom is -0.377 e. The number of anilines is 1. The van der Waals surface area contributed by atoms with Crippen LogP contribution in [-0.4, -0.2) is 11.6 Å². The van der Waals surface area contributed by atoms with Crippen molar-refractivity contribution >= 4 is 5.82 Å². The maximum atomic E-state index is 5.28. The molecule has 0 aromatic carbocycles. The number of nitrogens with one attached hydrogen (secondary N) is 1. The second-order valence-electron chi connectivity index (χ2n) is 2.78. The van der Waals surface area contributed by atoms with E-state index in [0.717, 1.165) is 11.3 Å². The summed E-state index contributed by atoms with van der Waals surface area (Å²) in [6.07, 6.45) is 0. The average Bonchev–Trinajstić information content (AvgIpc) is 2.14. The highest BCUT2D eigenvalue weighted by molar-refractivity contribution is 5.37. The molecule has 0 saturated heterocycles. The van der Waals surface area contributed by atoms with Crippen LogP contribution in [0.25, 0.3) is 0 Å². The lowest BCUT2D eigenvalue weighted by Gasteiger charge is -2.05. The molecule has 1 aromatic heterocycles. The smallest absolute Gasteiger partial charge is 0.140 e. The van der Waals surface area contributed by atoms with Gasteiger partial charge in [0.2, 0.25) is 0 Å². The highest BCUT2D eigenvalue weighted by atomic mass is 16.5. The minimum absolute atomic E-state index is 0.606. The molecule has 1 heterocycles. The number of hydrogen-bond acceptors (Lipinski definition) is 4. The third-order valence-electron chi connectivity index (χ3n) is 1.63. The second-order valence-corrected chi connectivity index (χ2v) is 2.78. The van der Waals surface area contributed by atoms with Crippen LogP contribution in [0.2, 0.25) is 0 Å². The van der Waals surface area contributed by atoms with E-state index in [1.165, 1.54) is 0 Å². The highest BCUT2D eigenvalue weighted by Crippen LogP contribution is 2.09. The third kappa shape index (κ3) is 3.01. The zero-order valence-corrected chi connectivity index (χ0v) is 8.00. The number of hydrazine groups is 1. The van der Waals surface area contributed by atoms with Crippen LogP contribution in [0.3, 0.4) is 0 Å². The summed E-state index contributed by atoms with van der Waals surface area (Å²) in [6.45, 7) is 5.22. The Labute approximate surface area is 78.1 Å². The van der Waals surface area contributed by atoms with Crippen molar-refractivity contribution in [3.63, 3.8) is 0 Å². The van der Waals surface area contributed by atoms with Crippen molar-refractivity contribution in [1.82, 2.24) is 4.98 Å². The Bertz CT molecular complexity index is 276. The van der Waals surface area contributed by atoms with Crippen LogP contribution in [0.1, 0.15) is 18.2 Å². The number of ether oxygens (including phenoxy) is 1. The second kappa shape index (κ2) is 4.79. The Hall–Kier alpha value is -1.13. The van der Waals surface area contributed by atoms with Crippen molar-refractivity contribution < 1.29 is 4.74 Å². The Morgan fingerprint density at radius 3 is 2.92 bits per heavy atom. The zero-order chi connectivity index (χ0) is 9.68. The van der Waals surface area contributed by atoms with E-state index in [-0.39, 0.29) is 0 Å². The van der Waals surface area contributed by atoms with Crippen molar-refractivity contribution in [2.24, 2.45) is 5.84 Å². The molecule has 0 amide bonds. The van der Waals surface area contributed by atoms with Gasteiger partial charge in [-0.05, 0) is 31.5 Å². The summed E-state index contributed by atoms with van der Waals surface area (Å²) in [4.78, 5) is 4.17. The van der Waals surface area contributed by atoms with Gasteiger partial charge in [0.15, 0.2) is 0 Å². The van der Waals surface area contributed by atoms with Gasteiger partial charge in [0.25, 0.3) is 0 Å². The summed E-state index contributed by atoms with van der Waals surface area (Å²) in [5.41, 5.74) is 4.54. The SMILES string of the molecule is CCOCc1cc(C)nc(NN)c1. The molecule has 0 radical (unpaired) electrons. The van der Waals surface area contributed by atoms with E-state index in [9.17, 15) is 0 Å². The lowest BCUT2D eigenvalue weighted by molar-refractivity contribution is 0.134. The van der Waals surface area contributed by atoms with E-state index >= 15 is 0 Å². The van der Waals surface area contributed by atoms with E-state index in [4.69, 9.17) is 10.6 Å². The molecule has 13 heavy (non-hydrogen) atoms. The number of aromatic nitrogens is 1. The Morgan fingerprint density at radius 1 is 1.54 bits per heavy atom. The number of nitrogen functional groups attached to an aromatic ring is 1. The summed E-state index contributed by atoms with van der Waals surface area (Å²) >= 11 is 0. The third-order valence-corrected chi connectivity index (χ3v) is 1.63. The maximum Gasteiger partial charge on any atom is 0.140 e. The van der Waals surface area contributed by atoms with Crippen LogP contribution in [0.5, 0.6) is 0 Å². The molecular formula is C9H15N3O. The van der Waals surface area contributed by atoms with Gasteiger partial charge in [-0.2, -0.15) is 0 Å². The molecule has 4 nitrogen and oxygen atoms in total. The quantitative estimate of drug-likeness (QED) is 0.541.